The van der Waals surface area contributed by atoms with Crippen molar-refractivity contribution < 1.29 is 17.9 Å². The fourth-order valence-electron chi connectivity index (χ4n) is 1.71. The van der Waals surface area contributed by atoms with Gasteiger partial charge in [-0.3, -0.25) is 5.10 Å². The monoisotopic (exact) mass is 279 g/mol. The van der Waals surface area contributed by atoms with E-state index in [9.17, 15) is 13.2 Å². The van der Waals surface area contributed by atoms with Gasteiger partial charge in [0.1, 0.15) is 5.75 Å². The number of halogens is 3. The average Bonchev–Trinajstić information content (AvgIpc) is 2.86. The quantitative estimate of drug-likeness (QED) is 0.776. The zero-order valence-corrected chi connectivity index (χ0v) is 9.98. The molecule has 0 radical (unpaired) electrons. The second-order valence-electron chi connectivity index (χ2n) is 4.10. The molecule has 7 heteroatoms. The molecule has 0 saturated carbocycles. The van der Waals surface area contributed by atoms with Gasteiger partial charge in [0.2, 0.25) is 5.88 Å². The number of nitrogens with zero attached hydrogens (tertiary/aromatic N) is 2. The highest BCUT2D eigenvalue weighted by molar-refractivity contribution is 5.79. The Morgan fingerprint density at radius 2 is 1.90 bits per heavy atom. The smallest absolute Gasteiger partial charge is 0.417 e. The molecule has 0 atom stereocenters. The molecule has 0 spiro atoms. The number of pyridine rings is 1. The topological polar surface area (TPSA) is 50.8 Å². The van der Waals surface area contributed by atoms with E-state index in [0.29, 0.717) is 5.75 Å². The highest BCUT2D eigenvalue weighted by atomic mass is 19.4. The lowest BCUT2D eigenvalue weighted by atomic mass is 10.2. The molecule has 3 rings (SSSR count). The first-order valence-corrected chi connectivity index (χ1v) is 5.66. The lowest BCUT2D eigenvalue weighted by molar-refractivity contribution is -0.137. The number of benzene rings is 1. The van der Waals surface area contributed by atoms with Crippen molar-refractivity contribution in [1.82, 2.24) is 15.2 Å². The van der Waals surface area contributed by atoms with Crippen LogP contribution in [-0.2, 0) is 6.18 Å². The number of hydrogen-bond donors (Lipinski definition) is 1. The van der Waals surface area contributed by atoms with Crippen LogP contribution in [0.15, 0.2) is 42.7 Å². The summed E-state index contributed by atoms with van der Waals surface area (Å²) in [6.45, 7) is 0. The molecule has 1 aromatic carbocycles. The summed E-state index contributed by atoms with van der Waals surface area (Å²) in [6.07, 6.45) is -2.00. The molecule has 2 aromatic heterocycles. The van der Waals surface area contributed by atoms with E-state index in [1.54, 1.807) is 24.4 Å². The number of ether oxygens (including phenoxy) is 1. The minimum atomic E-state index is -4.40. The second-order valence-corrected chi connectivity index (χ2v) is 4.10. The number of rotatable bonds is 2. The van der Waals surface area contributed by atoms with Crippen LogP contribution >= 0.6 is 0 Å². The Bertz CT molecular complexity index is 734. The first kappa shape index (κ1) is 12.5. The zero-order chi connectivity index (χ0) is 14.2. The largest absolute Gasteiger partial charge is 0.439 e. The Balaban J connectivity index is 1.83. The predicted molar refractivity (Wildman–Crippen MR) is 65.4 cm³/mol. The van der Waals surface area contributed by atoms with Gasteiger partial charge < -0.3 is 4.74 Å². The molecule has 0 aliphatic heterocycles. The molecule has 0 bridgehead atoms. The van der Waals surface area contributed by atoms with Gasteiger partial charge in [-0.05, 0) is 18.2 Å². The van der Waals surface area contributed by atoms with E-state index in [1.165, 1.54) is 6.07 Å². The Morgan fingerprint density at radius 3 is 2.60 bits per heavy atom. The van der Waals surface area contributed by atoms with E-state index < -0.39 is 11.7 Å². The zero-order valence-electron chi connectivity index (χ0n) is 9.98. The molecule has 0 aliphatic carbocycles. The van der Waals surface area contributed by atoms with Crippen LogP contribution in [0.4, 0.5) is 13.2 Å². The molecular weight excluding hydrogens is 271 g/mol. The first-order chi connectivity index (χ1) is 9.52. The van der Waals surface area contributed by atoms with Crippen LogP contribution in [0.1, 0.15) is 5.56 Å². The molecule has 0 fully saturated rings. The van der Waals surface area contributed by atoms with E-state index in [2.05, 4.69) is 15.2 Å². The van der Waals surface area contributed by atoms with Gasteiger partial charge in [0.25, 0.3) is 0 Å². The third kappa shape index (κ3) is 2.42. The van der Waals surface area contributed by atoms with Gasteiger partial charge >= 0.3 is 6.18 Å². The first-order valence-electron chi connectivity index (χ1n) is 5.66. The number of aromatic nitrogens is 3. The lowest BCUT2D eigenvalue weighted by Gasteiger charge is -2.08. The van der Waals surface area contributed by atoms with E-state index in [0.717, 1.165) is 23.2 Å². The summed E-state index contributed by atoms with van der Waals surface area (Å²) in [5, 5.41) is 7.56. The number of hydrogen-bond acceptors (Lipinski definition) is 3. The highest BCUT2D eigenvalue weighted by Crippen LogP contribution is 2.30. The van der Waals surface area contributed by atoms with Crippen LogP contribution in [0.5, 0.6) is 11.6 Å². The van der Waals surface area contributed by atoms with E-state index >= 15 is 0 Å². The molecule has 0 unspecified atom stereocenters. The second kappa shape index (κ2) is 4.52. The SMILES string of the molecule is FC(F)(F)c1ccc(Oc2ccc3cn[nH]c3c2)nc1. The fraction of sp³-hybridized carbons (Fsp3) is 0.0769. The van der Waals surface area contributed by atoms with Crippen molar-refractivity contribution in [2.75, 3.05) is 0 Å². The van der Waals surface area contributed by atoms with Gasteiger partial charge in [-0.1, -0.05) is 0 Å². The number of fused-ring (bicyclic) bond motifs is 1. The lowest BCUT2D eigenvalue weighted by Crippen LogP contribution is -2.05. The maximum absolute atomic E-state index is 12.4. The molecule has 0 amide bonds. The van der Waals surface area contributed by atoms with Crippen LogP contribution in [0.2, 0.25) is 0 Å². The number of alkyl halides is 3. The van der Waals surface area contributed by atoms with Crippen molar-refractivity contribution in [1.29, 1.82) is 0 Å². The summed E-state index contributed by atoms with van der Waals surface area (Å²) in [5.74, 6) is 0.561. The minimum Gasteiger partial charge on any atom is -0.439 e. The molecule has 4 nitrogen and oxygen atoms in total. The van der Waals surface area contributed by atoms with Crippen molar-refractivity contribution >= 4 is 10.9 Å². The number of nitrogens with one attached hydrogen (secondary N) is 1. The van der Waals surface area contributed by atoms with Gasteiger partial charge in [0.05, 0.1) is 17.3 Å². The van der Waals surface area contributed by atoms with Crippen molar-refractivity contribution in [2.24, 2.45) is 0 Å². The van der Waals surface area contributed by atoms with Crippen molar-refractivity contribution in [3.63, 3.8) is 0 Å². The molecule has 0 saturated heterocycles. The minimum absolute atomic E-state index is 0.0943. The summed E-state index contributed by atoms with van der Waals surface area (Å²) in [4.78, 5) is 3.64. The third-order valence-corrected chi connectivity index (χ3v) is 2.70. The van der Waals surface area contributed by atoms with E-state index in [-0.39, 0.29) is 5.88 Å². The summed E-state index contributed by atoms with van der Waals surface area (Å²) >= 11 is 0. The van der Waals surface area contributed by atoms with E-state index in [4.69, 9.17) is 4.74 Å². The summed E-state index contributed by atoms with van der Waals surface area (Å²) in [6, 6.07) is 7.29. The van der Waals surface area contributed by atoms with Gasteiger partial charge in [0, 0.05) is 23.7 Å². The van der Waals surface area contributed by atoms with Crippen molar-refractivity contribution in [3.05, 3.63) is 48.3 Å². The van der Waals surface area contributed by atoms with Crippen molar-refractivity contribution in [3.8, 4) is 11.6 Å². The molecule has 102 valence electrons. The Hall–Kier alpha value is -2.57. The Kier molecular flexibility index (Phi) is 2.81. The Labute approximate surface area is 111 Å². The summed E-state index contributed by atoms with van der Waals surface area (Å²) in [5.41, 5.74) is -0.0386. The number of H-pyrrole nitrogens is 1. The Morgan fingerprint density at radius 1 is 1.05 bits per heavy atom. The third-order valence-electron chi connectivity index (χ3n) is 2.70. The van der Waals surface area contributed by atoms with Gasteiger partial charge in [0.15, 0.2) is 0 Å². The molecule has 20 heavy (non-hydrogen) atoms. The van der Waals surface area contributed by atoms with Gasteiger partial charge in [-0.2, -0.15) is 18.3 Å². The van der Waals surface area contributed by atoms with Crippen LogP contribution < -0.4 is 4.74 Å². The summed E-state index contributed by atoms with van der Waals surface area (Å²) < 4.78 is 42.6. The van der Waals surface area contributed by atoms with Crippen LogP contribution in [0.25, 0.3) is 10.9 Å². The maximum atomic E-state index is 12.4. The molecule has 3 aromatic rings. The van der Waals surface area contributed by atoms with E-state index in [1.807, 2.05) is 0 Å². The average molecular weight is 279 g/mol. The highest BCUT2D eigenvalue weighted by Gasteiger charge is 2.30. The predicted octanol–water partition coefficient (Wildman–Crippen LogP) is 3.77. The van der Waals surface area contributed by atoms with Crippen LogP contribution in [0.3, 0.4) is 0 Å². The summed E-state index contributed by atoms with van der Waals surface area (Å²) in [7, 11) is 0. The molecule has 2 heterocycles. The van der Waals surface area contributed by atoms with Crippen LogP contribution in [-0.4, -0.2) is 15.2 Å². The number of aromatic amines is 1. The fourth-order valence-corrected chi connectivity index (χ4v) is 1.71. The standard InChI is InChI=1S/C13H8F3N3O/c14-13(15,16)9-2-4-12(17-7-9)20-10-3-1-8-6-18-19-11(8)5-10/h1-7H,(H,18,19). The molecule has 0 aliphatic rings. The molecular formula is C13H8F3N3O. The maximum Gasteiger partial charge on any atom is 0.417 e. The normalized spacial score (nSPS) is 11.8. The van der Waals surface area contributed by atoms with Gasteiger partial charge in [-0.15, -0.1) is 0 Å². The van der Waals surface area contributed by atoms with Crippen LogP contribution in [0, 0.1) is 0 Å². The van der Waals surface area contributed by atoms with Crippen molar-refractivity contribution in [2.45, 2.75) is 6.18 Å². The van der Waals surface area contributed by atoms with Gasteiger partial charge in [-0.25, -0.2) is 4.98 Å². The molecule has 1 N–H and O–H groups in total.